The van der Waals surface area contributed by atoms with Crippen molar-refractivity contribution < 1.29 is 19.4 Å². The van der Waals surface area contributed by atoms with Crippen molar-refractivity contribution in [3.8, 4) is 5.75 Å². The monoisotopic (exact) mass is 290 g/mol. The molecule has 1 saturated heterocycles. The summed E-state index contributed by atoms with van der Waals surface area (Å²) >= 11 is 0. The zero-order valence-electron chi connectivity index (χ0n) is 11.7. The highest BCUT2D eigenvalue weighted by Crippen LogP contribution is 2.34. The summed E-state index contributed by atoms with van der Waals surface area (Å²) in [6, 6.07) is 4.65. The van der Waals surface area contributed by atoms with Crippen molar-refractivity contribution in [2.45, 2.75) is 12.8 Å². The molecule has 0 atom stereocenters. The Morgan fingerprint density at radius 1 is 1.38 bits per heavy atom. The Morgan fingerprint density at radius 2 is 2.14 bits per heavy atom. The van der Waals surface area contributed by atoms with Crippen LogP contribution in [0.2, 0.25) is 0 Å². The SMILES string of the molecule is O=C(O)c1ccc2c(c1)N(CC1CCNCC1)C(=O)CO2. The van der Waals surface area contributed by atoms with Crippen LogP contribution >= 0.6 is 0 Å². The molecule has 0 spiro atoms. The number of amides is 1. The number of carboxylic acids is 1. The van der Waals surface area contributed by atoms with Gasteiger partial charge >= 0.3 is 5.97 Å². The first-order chi connectivity index (χ1) is 10.1. The van der Waals surface area contributed by atoms with E-state index in [0.29, 0.717) is 23.9 Å². The fourth-order valence-corrected chi connectivity index (χ4v) is 2.86. The van der Waals surface area contributed by atoms with E-state index < -0.39 is 5.97 Å². The van der Waals surface area contributed by atoms with Crippen LogP contribution in [0.3, 0.4) is 0 Å². The molecule has 0 radical (unpaired) electrons. The van der Waals surface area contributed by atoms with Crippen molar-refractivity contribution in [3.63, 3.8) is 0 Å². The van der Waals surface area contributed by atoms with Crippen LogP contribution in [-0.2, 0) is 4.79 Å². The van der Waals surface area contributed by atoms with Gasteiger partial charge in [0.2, 0.25) is 0 Å². The molecule has 1 aromatic carbocycles. The van der Waals surface area contributed by atoms with Crippen LogP contribution in [0.5, 0.6) is 5.75 Å². The van der Waals surface area contributed by atoms with Gasteiger partial charge in [-0.15, -0.1) is 0 Å². The summed E-state index contributed by atoms with van der Waals surface area (Å²) in [6.07, 6.45) is 2.05. The van der Waals surface area contributed by atoms with E-state index in [1.807, 2.05) is 0 Å². The summed E-state index contributed by atoms with van der Waals surface area (Å²) in [4.78, 5) is 24.9. The zero-order valence-corrected chi connectivity index (χ0v) is 11.7. The molecule has 0 aliphatic carbocycles. The van der Waals surface area contributed by atoms with Gasteiger partial charge in [0.05, 0.1) is 11.3 Å². The molecule has 3 rings (SSSR count). The van der Waals surface area contributed by atoms with E-state index >= 15 is 0 Å². The maximum Gasteiger partial charge on any atom is 0.335 e. The lowest BCUT2D eigenvalue weighted by molar-refractivity contribution is -0.121. The van der Waals surface area contributed by atoms with Gasteiger partial charge in [-0.2, -0.15) is 0 Å². The molecule has 2 aliphatic rings. The number of anilines is 1. The molecular formula is C15H18N2O4. The van der Waals surface area contributed by atoms with Crippen LogP contribution in [0.25, 0.3) is 0 Å². The van der Waals surface area contributed by atoms with Crippen LogP contribution in [-0.4, -0.2) is 43.2 Å². The smallest absolute Gasteiger partial charge is 0.335 e. The summed E-state index contributed by atoms with van der Waals surface area (Å²) in [7, 11) is 0. The molecule has 2 N–H and O–H groups in total. The maximum absolute atomic E-state index is 12.1. The molecule has 6 nitrogen and oxygen atoms in total. The lowest BCUT2D eigenvalue weighted by Gasteiger charge is -2.33. The summed E-state index contributed by atoms with van der Waals surface area (Å²) in [5.74, 6) is -0.0932. The Bertz CT molecular complexity index is 567. The quantitative estimate of drug-likeness (QED) is 0.872. The van der Waals surface area contributed by atoms with E-state index in [9.17, 15) is 9.59 Å². The first-order valence-corrected chi connectivity index (χ1v) is 7.16. The van der Waals surface area contributed by atoms with Crippen LogP contribution in [0, 0.1) is 5.92 Å². The van der Waals surface area contributed by atoms with Crippen molar-refractivity contribution >= 4 is 17.6 Å². The Kier molecular flexibility index (Phi) is 3.79. The maximum atomic E-state index is 12.1. The molecule has 0 bridgehead atoms. The average molecular weight is 290 g/mol. The largest absolute Gasteiger partial charge is 0.482 e. The predicted octanol–water partition coefficient (Wildman–Crippen LogP) is 1.11. The normalized spacial score (nSPS) is 19.0. The van der Waals surface area contributed by atoms with E-state index in [0.717, 1.165) is 25.9 Å². The van der Waals surface area contributed by atoms with Crippen LogP contribution in [0.15, 0.2) is 18.2 Å². The molecular weight excluding hydrogens is 272 g/mol. The molecule has 21 heavy (non-hydrogen) atoms. The molecule has 1 fully saturated rings. The van der Waals surface area contributed by atoms with E-state index in [2.05, 4.69) is 5.32 Å². The Balaban J connectivity index is 1.87. The summed E-state index contributed by atoms with van der Waals surface area (Å²) < 4.78 is 5.39. The second-order valence-corrected chi connectivity index (χ2v) is 5.47. The van der Waals surface area contributed by atoms with Gasteiger partial charge in [-0.05, 0) is 50.0 Å². The van der Waals surface area contributed by atoms with Gasteiger partial charge in [-0.3, -0.25) is 4.79 Å². The minimum atomic E-state index is -1.00. The van der Waals surface area contributed by atoms with E-state index in [-0.39, 0.29) is 18.1 Å². The number of aromatic carboxylic acids is 1. The van der Waals surface area contributed by atoms with Gasteiger partial charge < -0.3 is 20.1 Å². The molecule has 2 heterocycles. The van der Waals surface area contributed by atoms with E-state index in [1.54, 1.807) is 11.0 Å². The predicted molar refractivity (Wildman–Crippen MR) is 76.8 cm³/mol. The number of hydrogen-bond acceptors (Lipinski definition) is 4. The fraction of sp³-hybridized carbons (Fsp3) is 0.467. The number of nitrogens with zero attached hydrogens (tertiary/aromatic N) is 1. The van der Waals surface area contributed by atoms with Crippen molar-refractivity contribution in [3.05, 3.63) is 23.8 Å². The number of rotatable bonds is 3. The van der Waals surface area contributed by atoms with Crippen LogP contribution in [0.4, 0.5) is 5.69 Å². The molecule has 6 heteroatoms. The minimum absolute atomic E-state index is 0.0182. The van der Waals surface area contributed by atoms with Gasteiger partial charge in [0, 0.05) is 6.54 Å². The number of carboxylic acid groups (broad SMARTS) is 1. The third kappa shape index (κ3) is 2.85. The number of nitrogens with one attached hydrogen (secondary N) is 1. The lowest BCUT2D eigenvalue weighted by atomic mass is 9.97. The third-order valence-electron chi connectivity index (χ3n) is 4.05. The molecule has 0 unspecified atom stereocenters. The van der Waals surface area contributed by atoms with Gasteiger partial charge in [-0.25, -0.2) is 4.79 Å². The van der Waals surface area contributed by atoms with Crippen LogP contribution < -0.4 is 15.0 Å². The van der Waals surface area contributed by atoms with Gasteiger partial charge in [0.15, 0.2) is 6.61 Å². The number of ether oxygens (including phenoxy) is 1. The van der Waals surface area contributed by atoms with Gasteiger partial charge in [0.1, 0.15) is 5.75 Å². The topological polar surface area (TPSA) is 78.9 Å². The van der Waals surface area contributed by atoms with Crippen molar-refractivity contribution in [2.24, 2.45) is 5.92 Å². The second kappa shape index (κ2) is 5.73. The second-order valence-electron chi connectivity index (χ2n) is 5.47. The summed E-state index contributed by atoms with van der Waals surface area (Å²) in [5.41, 5.74) is 0.743. The van der Waals surface area contributed by atoms with Gasteiger partial charge in [0.25, 0.3) is 5.91 Å². The zero-order chi connectivity index (χ0) is 14.8. The highest BCUT2D eigenvalue weighted by Gasteiger charge is 2.29. The highest BCUT2D eigenvalue weighted by molar-refractivity contribution is 5.99. The third-order valence-corrected chi connectivity index (χ3v) is 4.05. The summed E-state index contributed by atoms with van der Waals surface area (Å²) in [5, 5.41) is 12.4. The highest BCUT2D eigenvalue weighted by atomic mass is 16.5. The number of hydrogen-bond donors (Lipinski definition) is 2. The van der Waals surface area contributed by atoms with Crippen LogP contribution in [0.1, 0.15) is 23.2 Å². The van der Waals surface area contributed by atoms with Crippen molar-refractivity contribution in [2.75, 3.05) is 31.1 Å². The first kappa shape index (κ1) is 13.9. The molecule has 0 saturated carbocycles. The average Bonchev–Trinajstić information content (AvgIpc) is 2.50. The molecule has 1 aromatic rings. The Morgan fingerprint density at radius 3 is 2.86 bits per heavy atom. The molecule has 2 aliphatic heterocycles. The Hall–Kier alpha value is -2.08. The van der Waals surface area contributed by atoms with Gasteiger partial charge in [-0.1, -0.05) is 0 Å². The fourth-order valence-electron chi connectivity index (χ4n) is 2.86. The molecule has 112 valence electrons. The first-order valence-electron chi connectivity index (χ1n) is 7.16. The van der Waals surface area contributed by atoms with E-state index in [1.165, 1.54) is 12.1 Å². The van der Waals surface area contributed by atoms with Crippen molar-refractivity contribution in [1.29, 1.82) is 0 Å². The van der Waals surface area contributed by atoms with E-state index in [4.69, 9.17) is 9.84 Å². The standard InChI is InChI=1S/C15H18N2O4/c18-14-9-21-13-2-1-11(15(19)20)7-12(13)17(14)8-10-3-5-16-6-4-10/h1-2,7,10,16H,3-6,8-9H2,(H,19,20). The Labute approximate surface area is 122 Å². The summed E-state index contributed by atoms with van der Waals surface area (Å²) in [6.45, 7) is 2.57. The molecule has 0 aromatic heterocycles. The number of benzene rings is 1. The number of carbonyl (C=O) groups is 2. The number of fused-ring (bicyclic) bond motifs is 1. The lowest BCUT2D eigenvalue weighted by Crippen LogP contribution is -2.43. The van der Waals surface area contributed by atoms with Crippen molar-refractivity contribution in [1.82, 2.24) is 5.32 Å². The molecule has 1 amide bonds. The number of piperidine rings is 1. The number of carbonyl (C=O) groups excluding carboxylic acids is 1. The minimum Gasteiger partial charge on any atom is -0.482 e.